The first-order valence-corrected chi connectivity index (χ1v) is 6.40. The fourth-order valence-electron chi connectivity index (χ4n) is 2.25. The van der Waals surface area contributed by atoms with Gasteiger partial charge in [-0.15, -0.1) is 0 Å². The van der Waals surface area contributed by atoms with Crippen LogP contribution in [0.3, 0.4) is 0 Å². The highest BCUT2D eigenvalue weighted by Crippen LogP contribution is 2.24. The summed E-state index contributed by atoms with van der Waals surface area (Å²) in [6.45, 7) is 4.52. The van der Waals surface area contributed by atoms with E-state index in [0.29, 0.717) is 12.2 Å². The van der Waals surface area contributed by atoms with Crippen molar-refractivity contribution in [2.24, 2.45) is 5.73 Å². The van der Waals surface area contributed by atoms with Gasteiger partial charge >= 0.3 is 0 Å². The molecule has 0 aliphatic rings. The van der Waals surface area contributed by atoms with Crippen molar-refractivity contribution in [1.29, 1.82) is 0 Å². The van der Waals surface area contributed by atoms with Crippen LogP contribution in [-0.2, 0) is 0 Å². The van der Waals surface area contributed by atoms with Crippen molar-refractivity contribution < 1.29 is 4.39 Å². The Balaban J connectivity index is 2.28. The molecule has 1 atom stereocenters. The van der Waals surface area contributed by atoms with Gasteiger partial charge in [0.2, 0.25) is 0 Å². The number of nitrogens with two attached hydrogens (primary N) is 1. The molecular weight excluding hydrogens is 239 g/mol. The van der Waals surface area contributed by atoms with E-state index in [0.717, 1.165) is 5.56 Å². The summed E-state index contributed by atoms with van der Waals surface area (Å²) in [5.74, 6) is -0.259. The van der Waals surface area contributed by atoms with Crippen molar-refractivity contribution in [3.63, 3.8) is 0 Å². The highest BCUT2D eigenvalue weighted by atomic mass is 19.1. The Hall–Kier alpha value is -1.87. The predicted octanol–water partition coefficient (Wildman–Crippen LogP) is 3.55. The number of aryl methyl sites for hydroxylation is 2. The second-order valence-electron chi connectivity index (χ2n) is 4.77. The van der Waals surface area contributed by atoms with Crippen molar-refractivity contribution in [2.45, 2.75) is 19.9 Å². The summed E-state index contributed by atoms with van der Waals surface area (Å²) in [5, 5.41) is 3.17. The number of benzene rings is 2. The van der Waals surface area contributed by atoms with Crippen LogP contribution in [0.1, 0.15) is 22.7 Å². The average Bonchev–Trinajstić information content (AvgIpc) is 2.39. The molecule has 0 aliphatic carbocycles. The monoisotopic (exact) mass is 258 g/mol. The van der Waals surface area contributed by atoms with E-state index in [1.54, 1.807) is 18.2 Å². The van der Waals surface area contributed by atoms with Gasteiger partial charge in [0.15, 0.2) is 0 Å². The lowest BCUT2D eigenvalue weighted by Gasteiger charge is -2.21. The minimum atomic E-state index is -0.259. The molecule has 0 heterocycles. The Bertz CT molecular complexity index is 566. The van der Waals surface area contributed by atoms with Crippen LogP contribution in [0.4, 0.5) is 10.1 Å². The number of hydrogen-bond acceptors (Lipinski definition) is 2. The van der Waals surface area contributed by atoms with Crippen molar-refractivity contribution in [3.8, 4) is 0 Å². The minimum Gasteiger partial charge on any atom is -0.375 e. The van der Waals surface area contributed by atoms with Gasteiger partial charge in [-0.2, -0.15) is 0 Å². The summed E-state index contributed by atoms with van der Waals surface area (Å²) in [4.78, 5) is 0. The van der Waals surface area contributed by atoms with Crippen molar-refractivity contribution in [1.82, 2.24) is 0 Å². The summed E-state index contributed by atoms with van der Waals surface area (Å²) in [7, 11) is 0. The summed E-state index contributed by atoms with van der Waals surface area (Å²) in [5.41, 5.74) is 9.79. The second kappa shape index (κ2) is 5.85. The third kappa shape index (κ3) is 3.12. The molecule has 0 amide bonds. The number of halogens is 1. The quantitative estimate of drug-likeness (QED) is 0.880. The van der Waals surface area contributed by atoms with Crippen LogP contribution in [0.5, 0.6) is 0 Å². The molecule has 0 fully saturated rings. The molecule has 0 aromatic heterocycles. The molecule has 19 heavy (non-hydrogen) atoms. The molecule has 0 bridgehead atoms. The highest BCUT2D eigenvalue weighted by Gasteiger charge is 2.13. The molecule has 2 nitrogen and oxygen atoms in total. The van der Waals surface area contributed by atoms with Crippen LogP contribution in [0, 0.1) is 19.7 Å². The number of rotatable bonds is 4. The molecule has 100 valence electrons. The molecule has 2 aromatic carbocycles. The summed E-state index contributed by atoms with van der Waals surface area (Å²) in [6.07, 6.45) is 0. The molecular formula is C16H19FN2. The van der Waals surface area contributed by atoms with Crippen LogP contribution in [-0.4, -0.2) is 6.54 Å². The molecule has 0 saturated carbocycles. The smallest absolute Gasteiger partial charge is 0.146 e. The predicted molar refractivity (Wildman–Crippen MR) is 77.7 cm³/mol. The van der Waals surface area contributed by atoms with E-state index < -0.39 is 0 Å². The normalized spacial score (nSPS) is 12.2. The largest absolute Gasteiger partial charge is 0.375 e. The Morgan fingerprint density at radius 3 is 2.53 bits per heavy atom. The van der Waals surface area contributed by atoms with Crippen LogP contribution in [0.25, 0.3) is 0 Å². The topological polar surface area (TPSA) is 38.0 Å². The Labute approximate surface area is 113 Å². The maximum atomic E-state index is 13.7. The van der Waals surface area contributed by atoms with Gasteiger partial charge in [-0.3, -0.25) is 0 Å². The van der Waals surface area contributed by atoms with Crippen LogP contribution in [0.2, 0.25) is 0 Å². The van der Waals surface area contributed by atoms with Gasteiger partial charge < -0.3 is 11.1 Å². The summed E-state index contributed by atoms with van der Waals surface area (Å²) in [6, 6.07) is 12.8. The zero-order valence-electron chi connectivity index (χ0n) is 11.3. The number of hydrogen-bond donors (Lipinski definition) is 2. The first-order chi connectivity index (χ1) is 9.11. The molecule has 3 heteroatoms. The number of nitrogens with one attached hydrogen (secondary N) is 1. The molecule has 2 rings (SSSR count). The lowest BCUT2D eigenvalue weighted by molar-refractivity contribution is 0.625. The fourth-order valence-corrected chi connectivity index (χ4v) is 2.25. The van der Waals surface area contributed by atoms with Crippen LogP contribution in [0.15, 0.2) is 42.5 Å². The maximum absolute atomic E-state index is 13.7. The van der Waals surface area contributed by atoms with Crippen molar-refractivity contribution in [2.75, 3.05) is 11.9 Å². The van der Waals surface area contributed by atoms with E-state index in [1.165, 1.54) is 17.2 Å². The van der Waals surface area contributed by atoms with E-state index in [-0.39, 0.29) is 11.9 Å². The standard InChI is InChI=1S/C16H19FN2/c1-11-7-8-13(12(2)9-11)16(10-18)19-15-6-4-3-5-14(15)17/h3-9,16,19H,10,18H2,1-2H3. The van der Waals surface area contributed by atoms with E-state index in [1.807, 2.05) is 13.0 Å². The van der Waals surface area contributed by atoms with E-state index in [4.69, 9.17) is 5.73 Å². The van der Waals surface area contributed by atoms with Crippen molar-refractivity contribution in [3.05, 3.63) is 65.0 Å². The molecule has 2 aromatic rings. The van der Waals surface area contributed by atoms with Crippen LogP contribution >= 0.6 is 0 Å². The molecule has 0 aliphatic heterocycles. The lowest BCUT2D eigenvalue weighted by Crippen LogP contribution is -2.22. The van der Waals surface area contributed by atoms with E-state index >= 15 is 0 Å². The highest BCUT2D eigenvalue weighted by molar-refractivity contribution is 5.48. The Kier molecular flexibility index (Phi) is 4.17. The van der Waals surface area contributed by atoms with Crippen molar-refractivity contribution >= 4 is 5.69 Å². The molecule has 0 radical (unpaired) electrons. The molecule has 3 N–H and O–H groups in total. The maximum Gasteiger partial charge on any atom is 0.146 e. The zero-order chi connectivity index (χ0) is 13.8. The summed E-state index contributed by atoms with van der Waals surface area (Å²) >= 11 is 0. The third-order valence-corrected chi connectivity index (χ3v) is 3.24. The summed E-state index contributed by atoms with van der Waals surface area (Å²) < 4.78 is 13.7. The van der Waals surface area contributed by atoms with Gasteiger partial charge in [-0.1, -0.05) is 35.9 Å². The van der Waals surface area contributed by atoms with Crippen LogP contribution < -0.4 is 11.1 Å². The SMILES string of the molecule is Cc1ccc(C(CN)Nc2ccccc2F)c(C)c1. The number of anilines is 1. The average molecular weight is 258 g/mol. The Morgan fingerprint density at radius 2 is 1.89 bits per heavy atom. The first-order valence-electron chi connectivity index (χ1n) is 6.40. The first kappa shape index (κ1) is 13.6. The van der Waals surface area contributed by atoms with Gasteiger partial charge in [0.25, 0.3) is 0 Å². The fraction of sp³-hybridized carbons (Fsp3) is 0.250. The second-order valence-corrected chi connectivity index (χ2v) is 4.77. The third-order valence-electron chi connectivity index (χ3n) is 3.24. The lowest BCUT2D eigenvalue weighted by atomic mass is 9.99. The van der Waals surface area contributed by atoms with Gasteiger partial charge in [-0.25, -0.2) is 4.39 Å². The van der Waals surface area contributed by atoms with E-state index in [2.05, 4.69) is 24.4 Å². The van der Waals surface area contributed by atoms with Gasteiger partial charge in [0, 0.05) is 6.54 Å². The zero-order valence-corrected chi connectivity index (χ0v) is 11.3. The molecule has 0 spiro atoms. The van der Waals surface area contributed by atoms with Gasteiger partial charge in [0.05, 0.1) is 11.7 Å². The van der Waals surface area contributed by atoms with Gasteiger partial charge in [0.1, 0.15) is 5.82 Å². The van der Waals surface area contributed by atoms with Gasteiger partial charge in [-0.05, 0) is 37.1 Å². The number of para-hydroxylation sites is 1. The van der Waals surface area contributed by atoms with E-state index in [9.17, 15) is 4.39 Å². The Morgan fingerprint density at radius 1 is 1.16 bits per heavy atom. The molecule has 0 saturated heterocycles. The molecule has 1 unspecified atom stereocenters. The minimum absolute atomic E-state index is 0.0856.